The number of hydrogen-bond acceptors (Lipinski definition) is 2. The Balaban J connectivity index is 1.65. The predicted molar refractivity (Wildman–Crippen MR) is 87.4 cm³/mol. The molecule has 0 saturated heterocycles. The van der Waals surface area contributed by atoms with Gasteiger partial charge in [0.05, 0.1) is 18.0 Å². The van der Waals surface area contributed by atoms with Crippen LogP contribution >= 0.6 is 0 Å². The van der Waals surface area contributed by atoms with Gasteiger partial charge < -0.3 is 10.4 Å². The van der Waals surface area contributed by atoms with E-state index in [-0.39, 0.29) is 23.9 Å². The number of rotatable bonds is 4. The molecule has 0 saturated carbocycles. The molecule has 0 fully saturated rings. The molecule has 4 nitrogen and oxygen atoms in total. The van der Waals surface area contributed by atoms with E-state index in [0.717, 1.165) is 24.8 Å². The highest BCUT2D eigenvalue weighted by molar-refractivity contribution is 5.87. The highest BCUT2D eigenvalue weighted by atomic mass is 16.4. The van der Waals surface area contributed by atoms with Crippen LogP contribution in [-0.2, 0) is 17.6 Å². The van der Waals surface area contributed by atoms with Crippen molar-refractivity contribution in [3.63, 3.8) is 0 Å². The van der Waals surface area contributed by atoms with Gasteiger partial charge in [-0.3, -0.25) is 4.79 Å². The molecule has 0 spiro atoms. The molecule has 4 heteroatoms. The van der Waals surface area contributed by atoms with Crippen LogP contribution < -0.4 is 5.32 Å². The first-order valence-electron chi connectivity index (χ1n) is 7.83. The van der Waals surface area contributed by atoms with Crippen molar-refractivity contribution in [3.05, 3.63) is 70.8 Å². The molecule has 0 aromatic heterocycles. The Morgan fingerprint density at radius 3 is 2.57 bits per heavy atom. The lowest BCUT2D eigenvalue weighted by Gasteiger charge is -2.26. The molecule has 118 valence electrons. The molecule has 1 aliphatic rings. The standard InChI is InChI=1S/C19H19NO3/c21-18(12-13-8-10-15(11-9-13)19(22)23)20-17-7-3-5-14-4-1-2-6-16(14)17/h1-2,4,6,8-11,17H,3,5,7,12H2,(H,20,21)(H,22,23). The number of carboxylic acids is 1. The molecular weight excluding hydrogens is 290 g/mol. The quantitative estimate of drug-likeness (QED) is 0.912. The third kappa shape index (κ3) is 3.59. The zero-order valence-electron chi connectivity index (χ0n) is 12.8. The van der Waals surface area contributed by atoms with Crippen LogP contribution in [0.25, 0.3) is 0 Å². The van der Waals surface area contributed by atoms with Crippen LogP contribution in [0.5, 0.6) is 0 Å². The lowest BCUT2D eigenvalue weighted by molar-refractivity contribution is -0.121. The fourth-order valence-electron chi connectivity index (χ4n) is 3.10. The lowest BCUT2D eigenvalue weighted by atomic mass is 9.87. The number of nitrogens with one attached hydrogen (secondary N) is 1. The van der Waals surface area contributed by atoms with Crippen LogP contribution in [0.15, 0.2) is 48.5 Å². The molecule has 2 aromatic carbocycles. The van der Waals surface area contributed by atoms with Crippen LogP contribution in [0.1, 0.15) is 45.9 Å². The van der Waals surface area contributed by atoms with E-state index in [1.165, 1.54) is 23.3 Å². The van der Waals surface area contributed by atoms with Gasteiger partial charge in [-0.1, -0.05) is 36.4 Å². The number of aryl methyl sites for hydroxylation is 1. The second kappa shape index (κ2) is 6.65. The summed E-state index contributed by atoms with van der Waals surface area (Å²) in [6.07, 6.45) is 3.37. The molecule has 3 rings (SSSR count). The van der Waals surface area contributed by atoms with Gasteiger partial charge in [-0.05, 0) is 48.1 Å². The first-order valence-corrected chi connectivity index (χ1v) is 7.83. The van der Waals surface area contributed by atoms with Crippen LogP contribution in [0.4, 0.5) is 0 Å². The first kappa shape index (κ1) is 15.3. The molecule has 2 aromatic rings. The van der Waals surface area contributed by atoms with Crippen LogP contribution in [0, 0.1) is 0 Å². The highest BCUT2D eigenvalue weighted by Crippen LogP contribution is 2.29. The van der Waals surface area contributed by atoms with Gasteiger partial charge in [-0.15, -0.1) is 0 Å². The summed E-state index contributed by atoms with van der Waals surface area (Å²) < 4.78 is 0. The Kier molecular flexibility index (Phi) is 4.42. The monoisotopic (exact) mass is 309 g/mol. The number of fused-ring (bicyclic) bond motifs is 1. The molecular formula is C19H19NO3. The molecule has 0 heterocycles. The molecule has 2 N–H and O–H groups in total. The fraction of sp³-hybridized carbons (Fsp3) is 0.263. The largest absolute Gasteiger partial charge is 0.478 e. The van der Waals surface area contributed by atoms with Gasteiger partial charge in [0.1, 0.15) is 0 Å². The van der Waals surface area contributed by atoms with Crippen molar-refractivity contribution in [2.45, 2.75) is 31.7 Å². The number of hydrogen-bond donors (Lipinski definition) is 2. The summed E-state index contributed by atoms with van der Waals surface area (Å²) in [5.41, 5.74) is 3.58. The second-order valence-corrected chi connectivity index (χ2v) is 5.89. The van der Waals surface area contributed by atoms with E-state index in [9.17, 15) is 9.59 Å². The van der Waals surface area contributed by atoms with Crippen molar-refractivity contribution in [2.75, 3.05) is 0 Å². The first-order chi connectivity index (χ1) is 11.1. The summed E-state index contributed by atoms with van der Waals surface area (Å²) in [5, 5.41) is 12.0. The predicted octanol–water partition coefficient (Wildman–Crippen LogP) is 3.12. The number of amides is 1. The molecule has 23 heavy (non-hydrogen) atoms. The summed E-state index contributed by atoms with van der Waals surface area (Å²) in [6, 6.07) is 14.8. The van der Waals surface area contributed by atoms with Gasteiger partial charge in [0.2, 0.25) is 5.91 Å². The highest BCUT2D eigenvalue weighted by Gasteiger charge is 2.21. The van der Waals surface area contributed by atoms with Gasteiger partial charge in [0.15, 0.2) is 0 Å². The van der Waals surface area contributed by atoms with Crippen molar-refractivity contribution >= 4 is 11.9 Å². The van der Waals surface area contributed by atoms with Crippen LogP contribution in [0.3, 0.4) is 0 Å². The number of carbonyl (C=O) groups is 2. The van der Waals surface area contributed by atoms with E-state index in [1.807, 2.05) is 12.1 Å². The number of aromatic carboxylic acids is 1. The molecule has 1 aliphatic carbocycles. The smallest absolute Gasteiger partial charge is 0.335 e. The molecule has 0 bridgehead atoms. The topological polar surface area (TPSA) is 66.4 Å². The summed E-state index contributed by atoms with van der Waals surface area (Å²) in [5.74, 6) is -0.991. The Bertz CT molecular complexity index is 722. The molecule has 0 aliphatic heterocycles. The summed E-state index contributed by atoms with van der Waals surface area (Å²) in [7, 11) is 0. The third-order valence-corrected chi connectivity index (χ3v) is 4.27. The van der Waals surface area contributed by atoms with E-state index in [1.54, 1.807) is 12.1 Å². The Hall–Kier alpha value is -2.62. The lowest BCUT2D eigenvalue weighted by Crippen LogP contribution is -2.32. The van der Waals surface area contributed by atoms with Crippen molar-refractivity contribution in [3.8, 4) is 0 Å². The Morgan fingerprint density at radius 1 is 1.09 bits per heavy atom. The van der Waals surface area contributed by atoms with E-state index < -0.39 is 5.97 Å². The van der Waals surface area contributed by atoms with Crippen molar-refractivity contribution in [1.29, 1.82) is 0 Å². The number of carboxylic acid groups (broad SMARTS) is 1. The molecule has 1 unspecified atom stereocenters. The van der Waals surface area contributed by atoms with E-state index >= 15 is 0 Å². The fourth-order valence-corrected chi connectivity index (χ4v) is 3.10. The zero-order chi connectivity index (χ0) is 16.2. The SMILES string of the molecule is O=C(Cc1ccc(C(=O)O)cc1)NC1CCCc2ccccc21. The van der Waals surface area contributed by atoms with Crippen molar-refractivity contribution < 1.29 is 14.7 Å². The maximum Gasteiger partial charge on any atom is 0.335 e. The molecule has 0 radical (unpaired) electrons. The summed E-state index contributed by atoms with van der Waals surface area (Å²) in [6.45, 7) is 0. The van der Waals surface area contributed by atoms with Crippen molar-refractivity contribution in [2.24, 2.45) is 0 Å². The Morgan fingerprint density at radius 2 is 1.83 bits per heavy atom. The van der Waals surface area contributed by atoms with Crippen molar-refractivity contribution in [1.82, 2.24) is 5.32 Å². The second-order valence-electron chi connectivity index (χ2n) is 5.89. The molecule has 1 amide bonds. The van der Waals surface area contributed by atoms with Gasteiger partial charge in [0, 0.05) is 0 Å². The van der Waals surface area contributed by atoms with Crippen LogP contribution in [0.2, 0.25) is 0 Å². The van der Waals surface area contributed by atoms with Crippen LogP contribution in [-0.4, -0.2) is 17.0 Å². The minimum Gasteiger partial charge on any atom is -0.478 e. The minimum atomic E-state index is -0.959. The van der Waals surface area contributed by atoms with Gasteiger partial charge in [0.25, 0.3) is 0 Å². The van der Waals surface area contributed by atoms with E-state index in [2.05, 4.69) is 17.4 Å². The number of carbonyl (C=O) groups excluding carboxylic acids is 1. The van der Waals surface area contributed by atoms with Gasteiger partial charge in [-0.2, -0.15) is 0 Å². The van der Waals surface area contributed by atoms with Gasteiger partial charge >= 0.3 is 5.97 Å². The molecule has 1 atom stereocenters. The zero-order valence-corrected chi connectivity index (χ0v) is 12.8. The van der Waals surface area contributed by atoms with E-state index in [0.29, 0.717) is 0 Å². The summed E-state index contributed by atoms with van der Waals surface area (Å²) in [4.78, 5) is 23.1. The Labute approximate surface area is 135 Å². The van der Waals surface area contributed by atoms with E-state index in [4.69, 9.17) is 5.11 Å². The third-order valence-electron chi connectivity index (χ3n) is 4.27. The average Bonchev–Trinajstić information content (AvgIpc) is 2.55. The maximum absolute atomic E-state index is 12.3. The average molecular weight is 309 g/mol. The maximum atomic E-state index is 12.3. The number of benzene rings is 2. The normalized spacial score (nSPS) is 16.4. The minimum absolute atomic E-state index is 0.0326. The summed E-state index contributed by atoms with van der Waals surface area (Å²) >= 11 is 0. The van der Waals surface area contributed by atoms with Gasteiger partial charge in [-0.25, -0.2) is 4.79 Å².